The van der Waals surface area contributed by atoms with E-state index in [0.717, 1.165) is 24.8 Å². The van der Waals surface area contributed by atoms with Crippen LogP contribution in [-0.2, 0) is 11.2 Å². The van der Waals surface area contributed by atoms with Gasteiger partial charge in [0.1, 0.15) is 0 Å². The second-order valence-electron chi connectivity index (χ2n) is 6.62. The number of hydrogen-bond donors (Lipinski definition) is 1. The highest BCUT2D eigenvalue weighted by atomic mass is 32.2. The van der Waals surface area contributed by atoms with Gasteiger partial charge in [0.2, 0.25) is 5.89 Å². The second-order valence-corrected chi connectivity index (χ2v) is 7.59. The number of nitrogens with zero attached hydrogens (tertiary/aromatic N) is 2. The van der Waals surface area contributed by atoms with Crippen LogP contribution in [0.3, 0.4) is 0 Å². The summed E-state index contributed by atoms with van der Waals surface area (Å²) in [7, 11) is 0. The number of fused-ring (bicyclic) bond motifs is 1. The van der Waals surface area contributed by atoms with Crippen molar-refractivity contribution in [2.45, 2.75) is 36.7 Å². The van der Waals surface area contributed by atoms with E-state index in [9.17, 15) is 5.11 Å². The first kappa shape index (κ1) is 18.2. The van der Waals surface area contributed by atoms with E-state index in [-0.39, 0.29) is 6.10 Å². The quantitative estimate of drug-likeness (QED) is 0.615. The molecule has 3 aromatic rings. The van der Waals surface area contributed by atoms with Crippen molar-refractivity contribution in [3.63, 3.8) is 0 Å². The lowest BCUT2D eigenvalue weighted by molar-refractivity contribution is -0.00963. The normalized spacial score (nSPS) is 17.4. The molecule has 1 aliphatic rings. The fraction of sp³-hybridized carbons (Fsp3) is 0.333. The highest BCUT2D eigenvalue weighted by Crippen LogP contribution is 2.32. The summed E-state index contributed by atoms with van der Waals surface area (Å²) in [5.41, 5.74) is 3.50. The van der Waals surface area contributed by atoms with E-state index in [4.69, 9.17) is 9.15 Å². The zero-order valence-electron chi connectivity index (χ0n) is 15.0. The van der Waals surface area contributed by atoms with Gasteiger partial charge in [-0.1, -0.05) is 54.2 Å². The van der Waals surface area contributed by atoms with Gasteiger partial charge < -0.3 is 14.3 Å². The fourth-order valence-electron chi connectivity index (χ4n) is 3.29. The summed E-state index contributed by atoms with van der Waals surface area (Å²) in [6.07, 6.45) is 2.71. The topological polar surface area (TPSA) is 68.4 Å². The first-order valence-electron chi connectivity index (χ1n) is 9.19. The molecule has 5 nitrogen and oxygen atoms in total. The first-order valence-corrected chi connectivity index (χ1v) is 10.2. The van der Waals surface area contributed by atoms with Gasteiger partial charge in [0.25, 0.3) is 5.22 Å². The number of ether oxygens (including phenoxy) is 1. The van der Waals surface area contributed by atoms with Crippen LogP contribution in [0.1, 0.15) is 30.1 Å². The molecule has 1 aromatic heterocycles. The summed E-state index contributed by atoms with van der Waals surface area (Å²) in [4.78, 5) is 0. The van der Waals surface area contributed by atoms with Gasteiger partial charge in [-0.15, -0.1) is 10.2 Å². The second kappa shape index (κ2) is 8.69. The molecule has 1 N–H and O–H groups in total. The molecule has 4 rings (SSSR count). The minimum Gasteiger partial charge on any atom is -0.411 e. The molecule has 0 radical (unpaired) electrons. The number of rotatable bonds is 7. The molecule has 6 heteroatoms. The molecular weight excluding hydrogens is 360 g/mol. The number of aliphatic hydroxyl groups is 1. The van der Waals surface area contributed by atoms with Gasteiger partial charge >= 0.3 is 0 Å². The maximum absolute atomic E-state index is 10.3. The van der Waals surface area contributed by atoms with Gasteiger partial charge in [0, 0.05) is 11.3 Å². The van der Waals surface area contributed by atoms with Crippen molar-refractivity contribution in [1.82, 2.24) is 10.2 Å². The summed E-state index contributed by atoms with van der Waals surface area (Å²) >= 11 is 1.35. The Kier molecular flexibility index (Phi) is 5.87. The van der Waals surface area contributed by atoms with Gasteiger partial charge in [-0.05, 0) is 42.5 Å². The van der Waals surface area contributed by atoms with Gasteiger partial charge in [-0.25, -0.2) is 0 Å². The average Bonchev–Trinajstić information content (AvgIpc) is 3.20. The van der Waals surface area contributed by atoms with Gasteiger partial charge in [0.05, 0.1) is 18.8 Å². The molecule has 0 fully saturated rings. The van der Waals surface area contributed by atoms with E-state index in [1.807, 2.05) is 36.4 Å². The van der Waals surface area contributed by atoms with E-state index in [0.29, 0.717) is 23.5 Å². The third-order valence-electron chi connectivity index (χ3n) is 4.63. The van der Waals surface area contributed by atoms with Crippen molar-refractivity contribution >= 4 is 11.8 Å². The number of thioether (sulfide) groups is 1. The van der Waals surface area contributed by atoms with Crippen LogP contribution in [0.2, 0.25) is 0 Å². The third kappa shape index (κ3) is 4.58. The largest absolute Gasteiger partial charge is 0.411 e. The van der Waals surface area contributed by atoms with Crippen molar-refractivity contribution in [2.75, 3.05) is 12.4 Å². The van der Waals surface area contributed by atoms with Crippen LogP contribution in [0.15, 0.2) is 64.2 Å². The SMILES string of the molecule is O[C@@H](CO[C@@H]1CCCc2ccccc21)CSc1nnc(-c2ccccc2)o1. The number of hydrogen-bond acceptors (Lipinski definition) is 6. The zero-order chi connectivity index (χ0) is 18.5. The Morgan fingerprint density at radius 2 is 1.93 bits per heavy atom. The van der Waals surface area contributed by atoms with Crippen molar-refractivity contribution in [3.8, 4) is 11.5 Å². The molecule has 0 saturated heterocycles. The van der Waals surface area contributed by atoms with Crippen molar-refractivity contribution in [2.24, 2.45) is 0 Å². The van der Waals surface area contributed by atoms with Crippen LogP contribution in [0, 0.1) is 0 Å². The molecule has 1 aliphatic carbocycles. The molecule has 0 bridgehead atoms. The fourth-order valence-corrected chi connectivity index (χ4v) is 3.96. The first-order chi connectivity index (χ1) is 13.3. The Balaban J connectivity index is 1.27. The Bertz CT molecular complexity index is 869. The van der Waals surface area contributed by atoms with E-state index < -0.39 is 6.10 Å². The monoisotopic (exact) mass is 382 g/mol. The van der Waals surface area contributed by atoms with Crippen molar-refractivity contribution in [1.29, 1.82) is 0 Å². The minimum absolute atomic E-state index is 0.0719. The number of aliphatic hydroxyl groups excluding tert-OH is 1. The molecule has 2 atom stereocenters. The molecular formula is C21H22N2O3S. The van der Waals surface area contributed by atoms with Crippen LogP contribution >= 0.6 is 11.8 Å². The number of aromatic nitrogens is 2. The minimum atomic E-state index is -0.587. The van der Waals surface area contributed by atoms with E-state index >= 15 is 0 Å². The maximum Gasteiger partial charge on any atom is 0.276 e. The highest BCUT2D eigenvalue weighted by molar-refractivity contribution is 7.99. The Hall–Kier alpha value is -2.15. The molecule has 0 aliphatic heterocycles. The van der Waals surface area contributed by atoms with Crippen molar-refractivity contribution in [3.05, 3.63) is 65.7 Å². The van der Waals surface area contributed by atoms with Gasteiger partial charge in [-0.2, -0.15) is 0 Å². The van der Waals surface area contributed by atoms with Gasteiger partial charge in [-0.3, -0.25) is 0 Å². The van der Waals surface area contributed by atoms with E-state index in [1.165, 1.54) is 22.9 Å². The Labute approximate surface area is 162 Å². The molecule has 1 heterocycles. The predicted octanol–water partition coefficient (Wildman–Crippen LogP) is 4.28. The molecule has 0 saturated carbocycles. The molecule has 0 unspecified atom stereocenters. The van der Waals surface area contributed by atoms with Crippen molar-refractivity contribution < 1.29 is 14.3 Å². The van der Waals surface area contributed by atoms with Gasteiger partial charge in [0.15, 0.2) is 0 Å². The molecule has 0 amide bonds. The predicted molar refractivity (Wildman–Crippen MR) is 105 cm³/mol. The van der Waals surface area contributed by atoms with Crippen LogP contribution in [-0.4, -0.2) is 33.8 Å². The molecule has 140 valence electrons. The number of aryl methyl sites for hydroxylation is 1. The summed E-state index contributed by atoms with van der Waals surface area (Å²) in [5.74, 6) is 0.938. The molecule has 27 heavy (non-hydrogen) atoms. The summed E-state index contributed by atoms with van der Waals surface area (Å²) in [5, 5.41) is 18.8. The summed E-state index contributed by atoms with van der Waals surface area (Å²) in [6.45, 7) is 0.297. The molecule has 0 spiro atoms. The smallest absolute Gasteiger partial charge is 0.276 e. The average molecular weight is 382 g/mol. The Morgan fingerprint density at radius 3 is 2.81 bits per heavy atom. The number of benzene rings is 2. The summed E-state index contributed by atoms with van der Waals surface area (Å²) in [6, 6.07) is 18.1. The lowest BCUT2D eigenvalue weighted by atomic mass is 9.89. The van der Waals surface area contributed by atoms with Crippen LogP contribution in [0.25, 0.3) is 11.5 Å². The highest BCUT2D eigenvalue weighted by Gasteiger charge is 2.21. The summed E-state index contributed by atoms with van der Waals surface area (Å²) < 4.78 is 11.7. The maximum atomic E-state index is 10.3. The lowest BCUT2D eigenvalue weighted by Crippen LogP contribution is -2.22. The zero-order valence-corrected chi connectivity index (χ0v) is 15.8. The van der Waals surface area contributed by atoms with Crippen LogP contribution < -0.4 is 0 Å². The van der Waals surface area contributed by atoms with Crippen LogP contribution in [0.5, 0.6) is 0 Å². The third-order valence-corrected chi connectivity index (χ3v) is 5.59. The van der Waals surface area contributed by atoms with E-state index in [2.05, 4.69) is 28.4 Å². The lowest BCUT2D eigenvalue weighted by Gasteiger charge is -2.26. The Morgan fingerprint density at radius 1 is 1.11 bits per heavy atom. The van der Waals surface area contributed by atoms with Crippen LogP contribution in [0.4, 0.5) is 0 Å². The van der Waals surface area contributed by atoms with E-state index in [1.54, 1.807) is 0 Å². The molecule has 2 aromatic carbocycles. The standard InChI is InChI=1S/C21H22N2O3S/c24-17(13-25-19-12-6-10-15-7-4-5-11-18(15)19)14-27-21-23-22-20(26-21)16-8-2-1-3-9-16/h1-5,7-9,11,17,19,24H,6,10,12-14H2/t17-,19+/m0/s1.